The summed E-state index contributed by atoms with van der Waals surface area (Å²) < 4.78 is 6.57. The third-order valence-electron chi connectivity index (χ3n) is 7.75. The summed E-state index contributed by atoms with van der Waals surface area (Å²) in [5.74, 6) is 3.32. The SMILES string of the molecule is C=CC(=O)N1CCN(c2nc(NCC3CCC(=C)C3)nc3c(Oc4c(C)ccc5[nH]ncc45)cccc23)CC1. The summed E-state index contributed by atoms with van der Waals surface area (Å²) in [5.41, 5.74) is 3.98. The van der Waals surface area contributed by atoms with Gasteiger partial charge in [0.15, 0.2) is 5.75 Å². The van der Waals surface area contributed by atoms with Crippen molar-refractivity contribution in [1.82, 2.24) is 25.1 Å². The van der Waals surface area contributed by atoms with Gasteiger partial charge in [-0.2, -0.15) is 10.1 Å². The van der Waals surface area contributed by atoms with Gasteiger partial charge in [-0.05, 0) is 61.9 Å². The van der Waals surface area contributed by atoms with Crippen molar-refractivity contribution < 1.29 is 9.53 Å². The normalized spacial score (nSPS) is 17.7. The van der Waals surface area contributed by atoms with E-state index in [1.807, 2.05) is 42.2 Å². The highest BCUT2D eigenvalue weighted by molar-refractivity contribution is 5.95. The first-order chi connectivity index (χ1) is 19.0. The van der Waals surface area contributed by atoms with E-state index in [4.69, 9.17) is 14.7 Å². The Balaban J connectivity index is 1.38. The molecule has 4 aromatic rings. The molecule has 1 unspecified atom stereocenters. The lowest BCUT2D eigenvalue weighted by atomic mass is 10.1. The van der Waals surface area contributed by atoms with E-state index >= 15 is 0 Å². The molecule has 9 heteroatoms. The van der Waals surface area contributed by atoms with Crippen LogP contribution in [0.4, 0.5) is 11.8 Å². The van der Waals surface area contributed by atoms with Gasteiger partial charge in [-0.25, -0.2) is 4.98 Å². The van der Waals surface area contributed by atoms with E-state index in [2.05, 4.69) is 33.6 Å². The lowest BCUT2D eigenvalue weighted by Crippen LogP contribution is -2.48. The number of para-hydroxylation sites is 1. The summed E-state index contributed by atoms with van der Waals surface area (Å²) in [4.78, 5) is 26.2. The predicted molar refractivity (Wildman–Crippen MR) is 154 cm³/mol. The molecule has 0 bridgehead atoms. The lowest BCUT2D eigenvalue weighted by molar-refractivity contribution is -0.126. The number of aromatic amines is 1. The molecule has 1 aliphatic heterocycles. The summed E-state index contributed by atoms with van der Waals surface area (Å²) in [6.45, 7) is 13.2. The van der Waals surface area contributed by atoms with Crippen molar-refractivity contribution in [2.75, 3.05) is 42.9 Å². The molecule has 6 rings (SSSR count). The zero-order valence-electron chi connectivity index (χ0n) is 22.2. The second-order valence-corrected chi connectivity index (χ2v) is 10.4. The third-order valence-corrected chi connectivity index (χ3v) is 7.75. The first-order valence-corrected chi connectivity index (χ1v) is 13.5. The average Bonchev–Trinajstić information content (AvgIpc) is 3.61. The minimum Gasteiger partial charge on any atom is -0.454 e. The summed E-state index contributed by atoms with van der Waals surface area (Å²) >= 11 is 0. The molecular weight excluding hydrogens is 490 g/mol. The average molecular weight is 524 g/mol. The van der Waals surface area contributed by atoms with Gasteiger partial charge in [0.25, 0.3) is 0 Å². The van der Waals surface area contributed by atoms with Gasteiger partial charge in [0.2, 0.25) is 11.9 Å². The molecule has 1 atom stereocenters. The highest BCUT2D eigenvalue weighted by Gasteiger charge is 2.25. The fourth-order valence-electron chi connectivity index (χ4n) is 5.56. The Hall–Kier alpha value is -4.40. The number of nitrogens with one attached hydrogen (secondary N) is 2. The molecule has 1 aliphatic carbocycles. The van der Waals surface area contributed by atoms with Crippen LogP contribution in [0.25, 0.3) is 21.8 Å². The molecule has 0 radical (unpaired) electrons. The van der Waals surface area contributed by atoms with Crippen LogP contribution in [0.3, 0.4) is 0 Å². The Kier molecular flexibility index (Phi) is 6.64. The van der Waals surface area contributed by atoms with E-state index in [0.29, 0.717) is 43.8 Å². The number of fused-ring (bicyclic) bond motifs is 2. The molecule has 39 heavy (non-hydrogen) atoms. The Bertz CT molecular complexity index is 1570. The molecule has 2 fully saturated rings. The van der Waals surface area contributed by atoms with Crippen molar-refractivity contribution in [3.63, 3.8) is 0 Å². The number of benzene rings is 2. The molecule has 1 saturated carbocycles. The molecule has 2 N–H and O–H groups in total. The summed E-state index contributed by atoms with van der Waals surface area (Å²) in [6, 6.07) is 9.99. The van der Waals surface area contributed by atoms with Crippen molar-refractivity contribution >= 4 is 39.5 Å². The van der Waals surface area contributed by atoms with Crippen LogP contribution in [-0.2, 0) is 4.79 Å². The van der Waals surface area contributed by atoms with Crippen LogP contribution in [-0.4, -0.2) is 63.7 Å². The van der Waals surface area contributed by atoms with E-state index in [1.54, 1.807) is 6.20 Å². The summed E-state index contributed by atoms with van der Waals surface area (Å²) in [7, 11) is 0. The van der Waals surface area contributed by atoms with Crippen LogP contribution in [0.2, 0.25) is 0 Å². The van der Waals surface area contributed by atoms with E-state index in [0.717, 1.165) is 64.7 Å². The van der Waals surface area contributed by atoms with E-state index in [-0.39, 0.29) is 5.91 Å². The van der Waals surface area contributed by atoms with Crippen molar-refractivity contribution in [3.8, 4) is 11.5 Å². The van der Waals surface area contributed by atoms with Gasteiger partial charge < -0.3 is 19.9 Å². The Morgan fingerprint density at radius 3 is 2.79 bits per heavy atom. The number of rotatable bonds is 7. The number of hydrogen-bond donors (Lipinski definition) is 2. The summed E-state index contributed by atoms with van der Waals surface area (Å²) in [6.07, 6.45) is 6.42. The van der Waals surface area contributed by atoms with Gasteiger partial charge in [0.05, 0.1) is 17.1 Å². The number of nitrogens with zero attached hydrogens (tertiary/aromatic N) is 5. The number of ether oxygens (including phenoxy) is 1. The van der Waals surface area contributed by atoms with E-state index < -0.39 is 0 Å². The van der Waals surface area contributed by atoms with E-state index in [1.165, 1.54) is 11.6 Å². The second-order valence-electron chi connectivity index (χ2n) is 10.4. The number of amides is 1. The van der Waals surface area contributed by atoms with Gasteiger partial charge in [0.1, 0.15) is 17.1 Å². The van der Waals surface area contributed by atoms with Gasteiger partial charge in [-0.1, -0.05) is 30.9 Å². The zero-order valence-corrected chi connectivity index (χ0v) is 22.2. The number of carbonyl (C=O) groups is 1. The molecule has 1 amide bonds. The van der Waals surface area contributed by atoms with Crippen molar-refractivity contribution in [2.45, 2.75) is 26.2 Å². The largest absolute Gasteiger partial charge is 0.454 e. The van der Waals surface area contributed by atoms with Crippen molar-refractivity contribution in [1.29, 1.82) is 0 Å². The molecule has 2 aromatic heterocycles. The first-order valence-electron chi connectivity index (χ1n) is 13.5. The number of aryl methyl sites for hydroxylation is 1. The van der Waals surface area contributed by atoms with Crippen molar-refractivity contribution in [3.05, 3.63) is 66.9 Å². The molecule has 1 saturated heterocycles. The fraction of sp³-hybridized carbons (Fsp3) is 0.333. The maximum absolute atomic E-state index is 12.2. The smallest absolute Gasteiger partial charge is 0.246 e. The maximum Gasteiger partial charge on any atom is 0.246 e. The molecule has 0 spiro atoms. The standard InChI is InChI=1S/C30H33N7O2/c1-4-26(38)36-12-14-37(15-13-36)29-22-6-5-7-25(39-28-20(3)9-11-24-23(28)18-32-35-24)27(22)33-30(34-29)31-17-21-10-8-19(2)16-21/h4-7,9,11,18,21H,1-2,8,10,12-17H2,3H3,(H,32,35)(H,31,33,34). The summed E-state index contributed by atoms with van der Waals surface area (Å²) in [5, 5.41) is 12.6. The third kappa shape index (κ3) is 4.92. The van der Waals surface area contributed by atoms with Gasteiger partial charge >= 0.3 is 0 Å². The van der Waals surface area contributed by atoms with Crippen LogP contribution >= 0.6 is 0 Å². The van der Waals surface area contributed by atoms with Crippen LogP contribution in [0.5, 0.6) is 11.5 Å². The topological polar surface area (TPSA) is 99.3 Å². The Labute approximate surface area is 227 Å². The van der Waals surface area contributed by atoms with Crippen LogP contribution in [0.1, 0.15) is 24.8 Å². The Morgan fingerprint density at radius 2 is 2.03 bits per heavy atom. The Morgan fingerprint density at radius 1 is 1.18 bits per heavy atom. The van der Waals surface area contributed by atoms with Crippen LogP contribution in [0.15, 0.2) is 61.3 Å². The number of carbonyl (C=O) groups excluding carboxylic acids is 1. The first kappa shape index (κ1) is 24.9. The minimum absolute atomic E-state index is 0.0396. The molecule has 3 heterocycles. The molecular formula is C30H33N7O2. The number of H-pyrrole nitrogens is 1. The molecule has 2 aliphatic rings. The molecule has 9 nitrogen and oxygen atoms in total. The number of aromatic nitrogens is 4. The second kappa shape index (κ2) is 10.4. The van der Waals surface area contributed by atoms with Crippen molar-refractivity contribution in [2.24, 2.45) is 5.92 Å². The number of piperazine rings is 1. The van der Waals surface area contributed by atoms with Crippen LogP contribution < -0.4 is 15.0 Å². The zero-order chi connectivity index (χ0) is 26.9. The highest BCUT2D eigenvalue weighted by Crippen LogP contribution is 2.38. The highest BCUT2D eigenvalue weighted by atomic mass is 16.5. The number of allylic oxidation sites excluding steroid dienone is 1. The van der Waals surface area contributed by atoms with E-state index in [9.17, 15) is 4.79 Å². The van der Waals surface area contributed by atoms with Gasteiger partial charge in [-0.3, -0.25) is 9.89 Å². The molecule has 200 valence electrons. The fourth-order valence-corrected chi connectivity index (χ4v) is 5.56. The lowest BCUT2D eigenvalue weighted by Gasteiger charge is -2.35. The number of anilines is 2. The van der Waals surface area contributed by atoms with Gasteiger partial charge in [-0.15, -0.1) is 0 Å². The maximum atomic E-state index is 12.2. The quantitative estimate of drug-likeness (QED) is 0.253. The van der Waals surface area contributed by atoms with Crippen LogP contribution in [0, 0.1) is 12.8 Å². The van der Waals surface area contributed by atoms with Gasteiger partial charge in [0, 0.05) is 38.1 Å². The predicted octanol–water partition coefficient (Wildman–Crippen LogP) is 5.21. The monoisotopic (exact) mass is 523 g/mol. The molecule has 2 aromatic carbocycles. The number of hydrogen-bond acceptors (Lipinski definition) is 7. The minimum atomic E-state index is -0.0396.